The van der Waals surface area contributed by atoms with Crippen molar-refractivity contribution in [2.24, 2.45) is 0 Å². The van der Waals surface area contributed by atoms with Crippen molar-refractivity contribution in [3.63, 3.8) is 0 Å². The summed E-state index contributed by atoms with van der Waals surface area (Å²) in [5.74, 6) is 0. The van der Waals surface area contributed by atoms with Gasteiger partial charge in [-0.3, -0.25) is 4.39 Å². The van der Waals surface area contributed by atoms with Gasteiger partial charge in [0.05, 0.1) is 0 Å². The molecule has 0 heterocycles. The maximum atomic E-state index is 10.2. The summed E-state index contributed by atoms with van der Waals surface area (Å²) in [7, 11) is 0. The van der Waals surface area contributed by atoms with Crippen molar-refractivity contribution in [3.05, 3.63) is 6.92 Å². The Balaban J connectivity index is -0.000000000714. The molecule has 0 aromatic heterocycles. The second-order valence-electron chi connectivity index (χ2n) is 0.189. The maximum absolute atomic E-state index is 10.2. The van der Waals surface area contributed by atoms with Gasteiger partial charge in [0, 0.05) is 148 Å². The van der Waals surface area contributed by atoms with E-state index in [2.05, 4.69) is 6.92 Å². The molecule has 0 bridgehead atoms. The van der Waals surface area contributed by atoms with E-state index < -0.39 is 6.67 Å². The van der Waals surface area contributed by atoms with Gasteiger partial charge in [0.2, 0.25) is 0 Å². The number of alkyl halides is 1. The molecule has 0 N–H and O–H groups in total. The Hall–Kier alpha value is 4.61. The number of rotatable bonds is 0. The van der Waals surface area contributed by atoms with Crippen LogP contribution in [0.3, 0.4) is 0 Å². The van der Waals surface area contributed by atoms with Crippen molar-refractivity contribution in [3.8, 4) is 0 Å². The number of hydrogen-bond acceptors (Lipinski definition) is 0. The third kappa shape index (κ3) is 109. The van der Waals surface area contributed by atoms with Crippen LogP contribution in [0.4, 0.5) is 4.39 Å². The minimum absolute atomic E-state index is 0. The smallest absolute Gasteiger partial charge is 0 e. The Morgan fingerprint density at radius 2 is 0.636 bits per heavy atom. The first-order chi connectivity index (χ1) is 1.41. The molecule has 0 aliphatic carbocycles. The molecule has 0 unspecified atom stereocenters. The minimum atomic E-state index is -0.500. The van der Waals surface area contributed by atoms with E-state index in [0.29, 0.717) is 0 Å². The van der Waals surface area contributed by atoms with Gasteiger partial charge >= 0.3 is 0 Å². The topological polar surface area (TPSA) is 0 Å². The van der Waals surface area contributed by atoms with Crippen molar-refractivity contribution in [2.75, 3.05) is 6.67 Å². The molecule has 0 amide bonds. The van der Waals surface area contributed by atoms with Gasteiger partial charge in [0.1, 0.15) is 0 Å². The van der Waals surface area contributed by atoms with E-state index in [1.54, 1.807) is 0 Å². The van der Waals surface area contributed by atoms with Crippen LogP contribution in [0, 0.1) is 6.92 Å². The molecule has 60 valence electrons. The fraction of sp³-hybridized carbons (Fsp3) is 0.500. The van der Waals surface area contributed by atoms with Crippen molar-refractivity contribution < 1.29 is 153 Å². The first-order valence-electron chi connectivity index (χ1n) is 0.767. The van der Waals surface area contributed by atoms with Crippen LogP contribution in [0.2, 0.25) is 0 Å². The van der Waals surface area contributed by atoms with Crippen LogP contribution in [0.25, 0.3) is 0 Å². The van der Waals surface area contributed by atoms with E-state index in [4.69, 9.17) is 0 Å². The van der Waals surface area contributed by atoms with Gasteiger partial charge in [-0.15, -0.1) is 0 Å². The van der Waals surface area contributed by atoms with Crippen LogP contribution in [-0.4, -0.2) is 6.67 Å². The maximum Gasteiger partial charge on any atom is 0 e. The van der Waals surface area contributed by atoms with Gasteiger partial charge in [0.25, 0.3) is 0 Å². The molecule has 0 aliphatic rings. The summed E-state index contributed by atoms with van der Waals surface area (Å²) in [5.41, 5.74) is 0. The van der Waals surface area contributed by atoms with E-state index in [1.165, 1.54) is 0 Å². The third-order valence-corrected chi connectivity index (χ3v) is 0. The molecule has 8 radical (unpaired) electrons. The summed E-state index contributed by atoms with van der Waals surface area (Å²) in [5, 5.41) is 0. The van der Waals surface area contributed by atoms with E-state index >= 15 is 0 Å². The molecule has 0 nitrogen and oxygen atoms in total. The molecule has 0 saturated heterocycles. The van der Waals surface area contributed by atoms with E-state index in [1.807, 2.05) is 0 Å². The van der Waals surface area contributed by atoms with Crippen molar-refractivity contribution in [1.82, 2.24) is 0 Å². The Labute approximate surface area is 163 Å². The third-order valence-electron chi connectivity index (χ3n) is 0. The van der Waals surface area contributed by atoms with E-state index in [9.17, 15) is 4.39 Å². The molecular formula is C2H4FV8-. The largest absolute Gasteiger partial charge is 0.313 e. The number of halogens is 1. The molecule has 11 heavy (non-hydrogen) atoms. The summed E-state index contributed by atoms with van der Waals surface area (Å²) in [6, 6.07) is 0. The van der Waals surface area contributed by atoms with Gasteiger partial charge in [-0.1, -0.05) is 0 Å². The van der Waals surface area contributed by atoms with Gasteiger partial charge in [-0.2, -0.15) is 0 Å². The SMILES string of the molecule is [CH2-]CF.[V].[V].[V].[V].[V].[V].[V].[V]. The molecule has 0 rings (SSSR count). The summed E-state index contributed by atoms with van der Waals surface area (Å²) in [4.78, 5) is 0. The Kier molecular flexibility index (Phi) is 597. The summed E-state index contributed by atoms with van der Waals surface area (Å²) >= 11 is 0. The molecule has 9 heteroatoms. The predicted octanol–water partition coefficient (Wildman–Crippen LogP) is 0.770. The molecule has 0 atom stereocenters. The first-order valence-corrected chi connectivity index (χ1v) is 0.767. The van der Waals surface area contributed by atoms with Gasteiger partial charge < -0.3 is 6.92 Å². The van der Waals surface area contributed by atoms with Crippen molar-refractivity contribution in [1.29, 1.82) is 0 Å². The Morgan fingerprint density at radius 3 is 0.636 bits per heavy atom. The van der Waals surface area contributed by atoms with E-state index in [-0.39, 0.29) is 148 Å². The average Bonchev–Trinajstić information content (AvgIpc) is 0.918. The molecule has 0 saturated carbocycles. The molecule has 0 aliphatic heterocycles. The predicted molar refractivity (Wildman–Crippen MR) is 11.3 cm³/mol. The second-order valence-corrected chi connectivity index (χ2v) is 0.189. The standard InChI is InChI=1S/C2H4F.8V/c1-2-3;;;;;;;;/h1-2H2;;;;;;;;/q-1;;;;;;;;. The normalized spacial score (nSPS) is 1.64. The molecule has 0 fully saturated rings. The Morgan fingerprint density at radius 1 is 0.636 bits per heavy atom. The van der Waals surface area contributed by atoms with Gasteiger partial charge in [0.15, 0.2) is 0 Å². The van der Waals surface area contributed by atoms with Gasteiger partial charge in [-0.05, 0) is 6.67 Å². The summed E-state index contributed by atoms with van der Waals surface area (Å²) in [6.07, 6.45) is 0. The van der Waals surface area contributed by atoms with Crippen LogP contribution in [-0.2, 0) is 148 Å². The number of hydrogen-bond donors (Lipinski definition) is 0. The zero-order valence-corrected chi connectivity index (χ0v) is 16.5. The van der Waals surface area contributed by atoms with Crippen molar-refractivity contribution in [2.45, 2.75) is 0 Å². The fourth-order valence-corrected chi connectivity index (χ4v) is 0. The van der Waals surface area contributed by atoms with Crippen LogP contribution in [0.5, 0.6) is 0 Å². The first kappa shape index (κ1) is 76.3. The molecule has 0 aromatic rings. The van der Waals surface area contributed by atoms with Crippen molar-refractivity contribution >= 4 is 0 Å². The zero-order chi connectivity index (χ0) is 2.71. The minimum Gasteiger partial charge on any atom is -0.313 e. The van der Waals surface area contributed by atoms with Crippen LogP contribution in [0.1, 0.15) is 0 Å². The quantitative estimate of drug-likeness (QED) is 0.475. The average molecular weight is 455 g/mol. The summed E-state index contributed by atoms with van der Waals surface area (Å²) in [6.45, 7) is 2.32. The fourth-order valence-electron chi connectivity index (χ4n) is 0. The molecule has 0 aromatic carbocycles. The second kappa shape index (κ2) is 86.0. The Bertz CT molecular complexity index is 12.1. The van der Waals surface area contributed by atoms with Crippen LogP contribution >= 0.6 is 0 Å². The van der Waals surface area contributed by atoms with E-state index in [0.717, 1.165) is 0 Å². The monoisotopic (exact) mass is 455 g/mol. The molecular weight excluding hydrogens is 451 g/mol. The zero-order valence-electron chi connectivity index (χ0n) is 5.37. The van der Waals surface area contributed by atoms with Crippen LogP contribution < -0.4 is 0 Å². The summed E-state index contributed by atoms with van der Waals surface area (Å²) < 4.78 is 10.2. The van der Waals surface area contributed by atoms with Crippen LogP contribution in [0.15, 0.2) is 0 Å². The van der Waals surface area contributed by atoms with Gasteiger partial charge in [-0.25, -0.2) is 0 Å². The molecule has 0 spiro atoms.